The second kappa shape index (κ2) is 3.32. The average Bonchev–Trinajstić information content (AvgIpc) is 2.33. The Morgan fingerprint density at radius 3 is 3.08 bits per heavy atom. The van der Waals surface area contributed by atoms with Crippen molar-refractivity contribution in [2.75, 3.05) is 0 Å². The largest absolute Gasteiger partial charge is 0.310 e. The summed E-state index contributed by atoms with van der Waals surface area (Å²) in [4.78, 5) is 15.6. The van der Waals surface area contributed by atoms with Gasteiger partial charge in [0.1, 0.15) is 5.82 Å². The topological polar surface area (TPSA) is 41.5 Å². The second-order valence-electron chi connectivity index (χ2n) is 3.56. The first-order chi connectivity index (χ1) is 6.29. The van der Waals surface area contributed by atoms with Gasteiger partial charge >= 0.3 is 0 Å². The van der Waals surface area contributed by atoms with Crippen molar-refractivity contribution in [2.24, 2.45) is 4.99 Å². The van der Waals surface area contributed by atoms with Gasteiger partial charge in [-0.1, -0.05) is 6.92 Å². The molecule has 13 heavy (non-hydrogen) atoms. The number of amides is 1. The summed E-state index contributed by atoms with van der Waals surface area (Å²) in [5, 5.41) is 2.81. The van der Waals surface area contributed by atoms with Crippen LogP contribution in [-0.4, -0.2) is 11.6 Å². The zero-order valence-electron chi connectivity index (χ0n) is 7.89. The quantitative estimate of drug-likeness (QED) is 0.653. The lowest BCUT2D eigenvalue weighted by molar-refractivity contribution is -0.118. The Labute approximate surface area is 77.9 Å². The minimum Gasteiger partial charge on any atom is -0.310 e. The fourth-order valence-corrected chi connectivity index (χ4v) is 1.83. The van der Waals surface area contributed by atoms with E-state index in [9.17, 15) is 4.79 Å². The van der Waals surface area contributed by atoms with Crippen molar-refractivity contribution in [1.29, 1.82) is 0 Å². The molecule has 0 fully saturated rings. The van der Waals surface area contributed by atoms with Crippen LogP contribution in [0.5, 0.6) is 0 Å². The fourth-order valence-electron chi connectivity index (χ4n) is 1.83. The minimum absolute atomic E-state index is 0.103. The number of carbonyl (C=O) groups excluding carboxylic acids is 1. The third-order valence-electron chi connectivity index (χ3n) is 2.59. The van der Waals surface area contributed by atoms with E-state index in [-0.39, 0.29) is 5.91 Å². The van der Waals surface area contributed by atoms with Gasteiger partial charge in [-0.2, -0.15) is 0 Å². The van der Waals surface area contributed by atoms with Gasteiger partial charge in [0, 0.05) is 5.71 Å². The van der Waals surface area contributed by atoms with Gasteiger partial charge in [-0.15, -0.1) is 0 Å². The Bertz CT molecular complexity index is 302. The minimum atomic E-state index is 0.103. The molecule has 2 aliphatic heterocycles. The van der Waals surface area contributed by atoms with Crippen molar-refractivity contribution in [3.05, 3.63) is 11.4 Å². The Balaban J connectivity index is 2.25. The first kappa shape index (κ1) is 8.48. The zero-order chi connectivity index (χ0) is 9.26. The lowest BCUT2D eigenvalue weighted by Gasteiger charge is -2.00. The van der Waals surface area contributed by atoms with Crippen molar-refractivity contribution in [1.82, 2.24) is 5.32 Å². The lowest BCUT2D eigenvalue weighted by atomic mass is 10.1. The van der Waals surface area contributed by atoms with E-state index in [0.717, 1.165) is 31.5 Å². The van der Waals surface area contributed by atoms with Gasteiger partial charge in [-0.05, 0) is 31.3 Å². The molecule has 0 aromatic carbocycles. The van der Waals surface area contributed by atoms with Gasteiger partial charge < -0.3 is 5.32 Å². The summed E-state index contributed by atoms with van der Waals surface area (Å²) in [6.07, 6.45) is 4.81. The van der Waals surface area contributed by atoms with Gasteiger partial charge in [-0.3, -0.25) is 4.79 Å². The summed E-state index contributed by atoms with van der Waals surface area (Å²) in [6, 6.07) is 0. The highest BCUT2D eigenvalue weighted by Gasteiger charge is 2.22. The number of nitrogens with zero attached hydrogens (tertiary/aromatic N) is 1. The van der Waals surface area contributed by atoms with Crippen molar-refractivity contribution < 1.29 is 4.79 Å². The van der Waals surface area contributed by atoms with Gasteiger partial charge in [0.05, 0.1) is 6.42 Å². The first-order valence-corrected chi connectivity index (χ1v) is 4.88. The molecule has 0 aliphatic carbocycles. The molecular weight excluding hydrogens is 164 g/mol. The second-order valence-corrected chi connectivity index (χ2v) is 3.56. The predicted molar refractivity (Wildman–Crippen MR) is 51.4 cm³/mol. The number of carbonyl (C=O) groups is 1. The Hall–Kier alpha value is -1.12. The molecular formula is C10H14N2O. The molecule has 1 amide bonds. The third kappa shape index (κ3) is 1.64. The van der Waals surface area contributed by atoms with Crippen LogP contribution < -0.4 is 5.32 Å². The van der Waals surface area contributed by atoms with Crippen molar-refractivity contribution >= 4 is 11.6 Å². The van der Waals surface area contributed by atoms with E-state index in [4.69, 9.17) is 0 Å². The number of rotatable bonds is 1. The van der Waals surface area contributed by atoms with E-state index < -0.39 is 0 Å². The molecule has 2 rings (SSSR count). The maximum absolute atomic E-state index is 11.1. The smallest absolute Gasteiger partial charge is 0.229 e. The van der Waals surface area contributed by atoms with Gasteiger partial charge in [0.25, 0.3) is 0 Å². The normalized spacial score (nSPS) is 22.2. The molecule has 0 saturated carbocycles. The van der Waals surface area contributed by atoms with Crippen molar-refractivity contribution in [3.8, 4) is 0 Å². The first-order valence-electron chi connectivity index (χ1n) is 4.88. The summed E-state index contributed by atoms with van der Waals surface area (Å²) in [5.41, 5.74) is 2.42. The van der Waals surface area contributed by atoms with E-state index in [0.29, 0.717) is 6.42 Å². The number of hydrogen-bond donors (Lipinski definition) is 1. The van der Waals surface area contributed by atoms with Crippen LogP contribution in [0.1, 0.15) is 39.0 Å². The molecule has 0 unspecified atom stereocenters. The van der Waals surface area contributed by atoms with Crippen LogP contribution in [0.3, 0.4) is 0 Å². The predicted octanol–water partition coefficient (Wildman–Crippen LogP) is 1.75. The number of hydrogen-bond acceptors (Lipinski definition) is 2. The third-order valence-corrected chi connectivity index (χ3v) is 2.59. The molecule has 0 atom stereocenters. The summed E-state index contributed by atoms with van der Waals surface area (Å²) >= 11 is 0. The van der Waals surface area contributed by atoms with Crippen LogP contribution >= 0.6 is 0 Å². The van der Waals surface area contributed by atoms with E-state index in [1.54, 1.807) is 0 Å². The SMILES string of the molecule is CCC1=NC2=C(CCC1)CC(=O)N2. The molecule has 0 spiro atoms. The van der Waals surface area contributed by atoms with E-state index >= 15 is 0 Å². The molecule has 0 aromatic rings. The van der Waals surface area contributed by atoms with Gasteiger partial charge in [0.2, 0.25) is 5.91 Å². The summed E-state index contributed by atoms with van der Waals surface area (Å²) in [5.74, 6) is 0.949. The van der Waals surface area contributed by atoms with Crippen LogP contribution in [0.15, 0.2) is 16.4 Å². The van der Waals surface area contributed by atoms with Gasteiger partial charge in [-0.25, -0.2) is 4.99 Å². The van der Waals surface area contributed by atoms with Crippen LogP contribution in [-0.2, 0) is 4.79 Å². The number of aliphatic imine (C=N–C) groups is 1. The van der Waals surface area contributed by atoms with Crippen molar-refractivity contribution in [2.45, 2.75) is 39.0 Å². The maximum atomic E-state index is 11.1. The van der Waals surface area contributed by atoms with Crippen molar-refractivity contribution in [3.63, 3.8) is 0 Å². The highest BCUT2D eigenvalue weighted by atomic mass is 16.1. The van der Waals surface area contributed by atoms with Crippen LogP contribution in [0.2, 0.25) is 0 Å². The monoisotopic (exact) mass is 178 g/mol. The average molecular weight is 178 g/mol. The lowest BCUT2D eigenvalue weighted by Crippen LogP contribution is -2.14. The molecule has 0 radical (unpaired) electrons. The Kier molecular flexibility index (Phi) is 2.17. The maximum Gasteiger partial charge on any atom is 0.229 e. The van der Waals surface area contributed by atoms with Crippen LogP contribution in [0, 0.1) is 0 Å². The summed E-state index contributed by atoms with van der Waals surface area (Å²) < 4.78 is 0. The standard InChI is InChI=1S/C10H14N2O/c1-2-8-5-3-4-7-6-9(13)12-10(7)11-8/h2-6H2,1H3,(H,12,13). The highest BCUT2D eigenvalue weighted by molar-refractivity contribution is 5.89. The van der Waals surface area contributed by atoms with E-state index in [1.165, 1.54) is 11.3 Å². The zero-order valence-corrected chi connectivity index (χ0v) is 7.89. The molecule has 3 nitrogen and oxygen atoms in total. The molecule has 2 heterocycles. The van der Waals surface area contributed by atoms with E-state index in [2.05, 4.69) is 17.2 Å². The molecule has 0 bridgehead atoms. The van der Waals surface area contributed by atoms with E-state index in [1.807, 2.05) is 0 Å². The van der Waals surface area contributed by atoms with Crippen LogP contribution in [0.25, 0.3) is 0 Å². The summed E-state index contributed by atoms with van der Waals surface area (Å²) in [6.45, 7) is 2.11. The molecule has 70 valence electrons. The number of nitrogens with one attached hydrogen (secondary N) is 1. The fraction of sp³-hybridized carbons (Fsp3) is 0.600. The molecule has 0 saturated heterocycles. The highest BCUT2D eigenvalue weighted by Crippen LogP contribution is 2.25. The molecule has 0 aromatic heterocycles. The molecule has 3 heteroatoms. The molecule has 2 aliphatic rings. The summed E-state index contributed by atoms with van der Waals surface area (Å²) in [7, 11) is 0. The van der Waals surface area contributed by atoms with Gasteiger partial charge in [0.15, 0.2) is 0 Å². The van der Waals surface area contributed by atoms with Crippen LogP contribution in [0.4, 0.5) is 0 Å². The Morgan fingerprint density at radius 1 is 1.46 bits per heavy atom. The Morgan fingerprint density at radius 2 is 2.31 bits per heavy atom. The molecule has 1 N–H and O–H groups in total.